The maximum absolute atomic E-state index is 12.3. The average molecular weight is 385 g/mol. The molecule has 1 rings (SSSR count). The summed E-state index contributed by atoms with van der Waals surface area (Å²) in [6, 6.07) is 0. The fourth-order valence-corrected chi connectivity index (χ4v) is 4.30. The molecule has 5 nitrogen and oxygen atoms in total. The highest BCUT2D eigenvalue weighted by Crippen LogP contribution is 2.37. The Bertz CT molecular complexity index is 446. The monoisotopic (exact) mass is 384 g/mol. The average Bonchev–Trinajstić information content (AvgIpc) is 2.89. The highest BCUT2D eigenvalue weighted by Gasteiger charge is 2.40. The zero-order valence-electron chi connectivity index (χ0n) is 17.3. The normalized spacial score (nSPS) is 24.9. The number of aliphatic hydroxyl groups excluding tert-OH is 2. The summed E-state index contributed by atoms with van der Waals surface area (Å²) in [4.78, 5) is 23.3. The topological polar surface area (TPSA) is 94.8 Å². The Morgan fingerprint density at radius 2 is 1.74 bits per heavy atom. The number of carbonyl (C=O) groups is 2. The van der Waals surface area contributed by atoms with Crippen molar-refractivity contribution in [3.8, 4) is 0 Å². The predicted molar refractivity (Wildman–Crippen MR) is 106 cm³/mol. The van der Waals surface area contributed by atoms with Crippen molar-refractivity contribution in [2.75, 3.05) is 6.61 Å². The van der Waals surface area contributed by atoms with Gasteiger partial charge in [0.25, 0.3) is 0 Å². The van der Waals surface area contributed by atoms with Gasteiger partial charge in [-0.1, -0.05) is 45.4 Å². The Kier molecular flexibility index (Phi) is 11.4. The molecule has 5 heteroatoms. The zero-order chi connectivity index (χ0) is 20.3. The molecule has 1 unspecified atom stereocenters. The smallest absolute Gasteiger partial charge is 0.158 e. The van der Waals surface area contributed by atoms with Crippen molar-refractivity contribution in [2.45, 2.75) is 109 Å². The summed E-state index contributed by atoms with van der Waals surface area (Å²) in [5.74, 6) is 0.0368. The molecule has 0 aromatic rings. The lowest BCUT2D eigenvalue weighted by Crippen LogP contribution is -2.26. The first kappa shape index (κ1) is 24.3. The van der Waals surface area contributed by atoms with Crippen molar-refractivity contribution in [1.29, 1.82) is 0 Å². The third-order valence-electron chi connectivity index (χ3n) is 6.05. The van der Waals surface area contributed by atoms with Crippen LogP contribution in [0.3, 0.4) is 0 Å². The van der Waals surface area contributed by atoms with Crippen LogP contribution in [0.1, 0.15) is 97.3 Å². The van der Waals surface area contributed by atoms with Gasteiger partial charge in [0.1, 0.15) is 12.4 Å². The summed E-state index contributed by atoms with van der Waals surface area (Å²) in [6.45, 7) is 3.63. The van der Waals surface area contributed by atoms with E-state index >= 15 is 0 Å². The van der Waals surface area contributed by atoms with Crippen LogP contribution in [0.15, 0.2) is 0 Å². The van der Waals surface area contributed by atoms with Crippen LogP contribution in [-0.4, -0.2) is 45.2 Å². The molecular weight excluding hydrogens is 344 g/mol. The SMILES string of the molecule is CCCCC(C)(O)CCC[C@H]1[C@H](O)CC(=O)[C@@H]1CCCCCCC(=O)CO. The Labute approximate surface area is 164 Å². The van der Waals surface area contributed by atoms with Gasteiger partial charge in [-0.2, -0.15) is 0 Å². The Balaban J connectivity index is 2.33. The molecule has 0 aromatic carbocycles. The molecule has 4 atom stereocenters. The first-order valence-electron chi connectivity index (χ1n) is 10.9. The second kappa shape index (κ2) is 12.6. The molecule has 0 saturated heterocycles. The van der Waals surface area contributed by atoms with E-state index in [0.717, 1.165) is 70.6 Å². The van der Waals surface area contributed by atoms with Gasteiger partial charge in [-0.05, 0) is 44.9 Å². The summed E-state index contributed by atoms with van der Waals surface area (Å²) >= 11 is 0. The highest BCUT2D eigenvalue weighted by molar-refractivity contribution is 5.84. The number of unbranched alkanes of at least 4 members (excludes halogenated alkanes) is 4. The zero-order valence-corrected chi connectivity index (χ0v) is 17.3. The number of hydrogen-bond donors (Lipinski definition) is 3. The van der Waals surface area contributed by atoms with Gasteiger partial charge in [-0.25, -0.2) is 0 Å². The lowest BCUT2D eigenvalue weighted by Gasteiger charge is -2.26. The van der Waals surface area contributed by atoms with Crippen LogP contribution in [0.5, 0.6) is 0 Å². The van der Waals surface area contributed by atoms with Crippen molar-refractivity contribution < 1.29 is 24.9 Å². The van der Waals surface area contributed by atoms with Gasteiger partial charge in [-0.3, -0.25) is 9.59 Å². The molecule has 0 bridgehead atoms. The van der Waals surface area contributed by atoms with Crippen LogP contribution < -0.4 is 0 Å². The third-order valence-corrected chi connectivity index (χ3v) is 6.05. The van der Waals surface area contributed by atoms with Crippen molar-refractivity contribution in [3.05, 3.63) is 0 Å². The number of Topliss-reactive ketones (excluding diaryl/α,β-unsaturated/α-hetero) is 2. The van der Waals surface area contributed by atoms with Crippen LogP contribution in [0.2, 0.25) is 0 Å². The van der Waals surface area contributed by atoms with Crippen molar-refractivity contribution >= 4 is 11.6 Å². The largest absolute Gasteiger partial charge is 0.392 e. The van der Waals surface area contributed by atoms with Crippen molar-refractivity contribution in [1.82, 2.24) is 0 Å². The summed E-state index contributed by atoms with van der Waals surface area (Å²) in [7, 11) is 0. The molecule has 0 aromatic heterocycles. The van der Waals surface area contributed by atoms with E-state index in [4.69, 9.17) is 5.11 Å². The Hall–Kier alpha value is -0.780. The quantitative estimate of drug-likeness (QED) is 0.375. The van der Waals surface area contributed by atoms with Crippen molar-refractivity contribution in [3.63, 3.8) is 0 Å². The van der Waals surface area contributed by atoms with E-state index in [1.165, 1.54) is 0 Å². The molecule has 1 aliphatic carbocycles. The van der Waals surface area contributed by atoms with Gasteiger partial charge in [0.2, 0.25) is 0 Å². The summed E-state index contributed by atoms with van der Waals surface area (Å²) in [5, 5.41) is 29.4. The highest BCUT2D eigenvalue weighted by atomic mass is 16.3. The molecule has 0 heterocycles. The maximum Gasteiger partial charge on any atom is 0.158 e. The number of carbonyl (C=O) groups excluding carboxylic acids is 2. The fourth-order valence-electron chi connectivity index (χ4n) is 4.30. The van der Waals surface area contributed by atoms with E-state index in [9.17, 15) is 19.8 Å². The standard InChI is InChI=1S/C22H40O5/c1-3-4-13-22(2,27)14-9-12-19-18(20(25)15-21(19)26)11-8-6-5-7-10-17(24)16-23/h18-19,21,23,26-27H,3-16H2,1-2H3/t18-,19-,21-,22?/m1/s1. The van der Waals surface area contributed by atoms with E-state index in [1.54, 1.807) is 0 Å². The first-order valence-corrected chi connectivity index (χ1v) is 10.9. The molecular formula is C22H40O5. The molecule has 0 radical (unpaired) electrons. The molecule has 158 valence electrons. The van der Waals surface area contributed by atoms with Crippen LogP contribution in [0, 0.1) is 11.8 Å². The number of ketones is 2. The predicted octanol–water partition coefficient (Wildman–Crippen LogP) is 3.57. The van der Waals surface area contributed by atoms with Crippen LogP contribution in [-0.2, 0) is 9.59 Å². The number of rotatable bonds is 15. The van der Waals surface area contributed by atoms with Crippen molar-refractivity contribution in [2.24, 2.45) is 11.8 Å². The van der Waals surface area contributed by atoms with Gasteiger partial charge in [0, 0.05) is 18.8 Å². The number of hydrogen-bond acceptors (Lipinski definition) is 5. The minimum Gasteiger partial charge on any atom is -0.392 e. The molecule has 1 fully saturated rings. The lowest BCUT2D eigenvalue weighted by atomic mass is 9.83. The van der Waals surface area contributed by atoms with Gasteiger partial charge in [0.05, 0.1) is 11.7 Å². The minimum absolute atomic E-state index is 0.0236. The lowest BCUT2D eigenvalue weighted by molar-refractivity contribution is -0.122. The molecule has 1 aliphatic rings. The minimum atomic E-state index is -0.648. The Morgan fingerprint density at radius 3 is 2.41 bits per heavy atom. The second-order valence-electron chi connectivity index (χ2n) is 8.65. The van der Waals surface area contributed by atoms with Crippen LogP contribution >= 0.6 is 0 Å². The van der Waals surface area contributed by atoms with E-state index in [-0.39, 0.29) is 36.4 Å². The van der Waals surface area contributed by atoms with E-state index in [1.807, 2.05) is 6.92 Å². The van der Waals surface area contributed by atoms with Gasteiger partial charge in [-0.15, -0.1) is 0 Å². The summed E-state index contributed by atoms with van der Waals surface area (Å²) < 4.78 is 0. The number of aliphatic hydroxyl groups is 3. The molecule has 0 aliphatic heterocycles. The van der Waals surface area contributed by atoms with E-state index in [0.29, 0.717) is 6.42 Å². The molecule has 1 saturated carbocycles. The first-order chi connectivity index (χ1) is 12.8. The van der Waals surface area contributed by atoms with Crippen LogP contribution in [0.4, 0.5) is 0 Å². The van der Waals surface area contributed by atoms with E-state index in [2.05, 4.69) is 6.92 Å². The van der Waals surface area contributed by atoms with Gasteiger partial charge >= 0.3 is 0 Å². The summed E-state index contributed by atoms with van der Waals surface area (Å²) in [6.07, 6.45) is 9.84. The second-order valence-corrected chi connectivity index (χ2v) is 8.65. The van der Waals surface area contributed by atoms with Crippen LogP contribution in [0.25, 0.3) is 0 Å². The molecule has 0 amide bonds. The fraction of sp³-hybridized carbons (Fsp3) is 0.909. The van der Waals surface area contributed by atoms with Gasteiger partial charge < -0.3 is 15.3 Å². The van der Waals surface area contributed by atoms with Gasteiger partial charge in [0.15, 0.2) is 5.78 Å². The third kappa shape index (κ3) is 9.31. The maximum atomic E-state index is 12.3. The molecule has 3 N–H and O–H groups in total. The molecule has 27 heavy (non-hydrogen) atoms. The summed E-state index contributed by atoms with van der Waals surface area (Å²) in [5.41, 5.74) is -0.648. The van der Waals surface area contributed by atoms with E-state index < -0.39 is 11.7 Å². The Morgan fingerprint density at radius 1 is 1.07 bits per heavy atom. The molecule has 0 spiro atoms.